The number of nitrogens with zero attached hydrogens (tertiary/aromatic N) is 1. The molecule has 0 aliphatic heterocycles. The van der Waals surface area contributed by atoms with Gasteiger partial charge in [0.15, 0.2) is 0 Å². The van der Waals surface area contributed by atoms with Crippen molar-refractivity contribution in [2.75, 3.05) is 11.9 Å². The number of ether oxygens (including phenoxy) is 1. The second-order valence-corrected chi connectivity index (χ2v) is 9.01. The molecule has 1 heterocycles. The van der Waals surface area contributed by atoms with Crippen LogP contribution in [0.1, 0.15) is 54.2 Å². The van der Waals surface area contributed by atoms with E-state index in [1.165, 1.54) is 24.3 Å². The van der Waals surface area contributed by atoms with Crippen LogP contribution in [0.15, 0.2) is 41.3 Å². The first-order chi connectivity index (χ1) is 13.4. The number of carbonyl (C=O) groups excluding carboxylic acids is 2. The Morgan fingerprint density at radius 1 is 1.10 bits per heavy atom. The van der Waals surface area contributed by atoms with Crippen molar-refractivity contribution >= 4 is 27.6 Å². The quantitative estimate of drug-likeness (QED) is 0.696. The van der Waals surface area contributed by atoms with Crippen molar-refractivity contribution in [2.45, 2.75) is 45.1 Å². The van der Waals surface area contributed by atoms with Crippen LogP contribution in [0.4, 0.5) is 5.69 Å². The standard InChI is InChI=1S/C20H25N3O5S/c1-6-28-19(25)14-11-12-16(21-13(14)2)18(24)22-15-9-7-8-10-17(15)29(26,27)23-20(3,4)5/h7-12,23H,6H2,1-5H3,(H,22,24). The summed E-state index contributed by atoms with van der Waals surface area (Å²) in [5, 5.41) is 2.58. The van der Waals surface area contributed by atoms with Crippen molar-refractivity contribution in [3.8, 4) is 0 Å². The maximum Gasteiger partial charge on any atom is 0.339 e. The van der Waals surface area contributed by atoms with E-state index in [0.29, 0.717) is 5.69 Å². The monoisotopic (exact) mass is 419 g/mol. The largest absolute Gasteiger partial charge is 0.462 e. The average molecular weight is 420 g/mol. The van der Waals surface area contributed by atoms with Crippen LogP contribution in [-0.2, 0) is 14.8 Å². The number of sulfonamides is 1. The van der Waals surface area contributed by atoms with Crippen molar-refractivity contribution < 1.29 is 22.7 Å². The van der Waals surface area contributed by atoms with E-state index < -0.39 is 27.4 Å². The van der Waals surface area contributed by atoms with Crippen LogP contribution in [0.3, 0.4) is 0 Å². The summed E-state index contributed by atoms with van der Waals surface area (Å²) in [6, 6.07) is 8.94. The van der Waals surface area contributed by atoms with Crippen LogP contribution in [0.25, 0.3) is 0 Å². The van der Waals surface area contributed by atoms with Gasteiger partial charge in [-0.15, -0.1) is 0 Å². The van der Waals surface area contributed by atoms with E-state index in [1.54, 1.807) is 46.8 Å². The van der Waals surface area contributed by atoms with Crippen LogP contribution < -0.4 is 10.0 Å². The Hall–Kier alpha value is -2.78. The molecule has 1 aromatic heterocycles. The second-order valence-electron chi connectivity index (χ2n) is 7.36. The summed E-state index contributed by atoms with van der Waals surface area (Å²) in [5.74, 6) is -1.11. The highest BCUT2D eigenvalue weighted by molar-refractivity contribution is 7.89. The molecule has 29 heavy (non-hydrogen) atoms. The summed E-state index contributed by atoms with van der Waals surface area (Å²) in [5.41, 5.74) is 0.0965. The lowest BCUT2D eigenvalue weighted by atomic mass is 10.1. The molecule has 2 aromatic rings. The van der Waals surface area contributed by atoms with Crippen LogP contribution >= 0.6 is 0 Å². The third-order valence-electron chi connectivity index (χ3n) is 3.68. The summed E-state index contributed by atoms with van der Waals surface area (Å²) in [6.07, 6.45) is 0. The van der Waals surface area contributed by atoms with Gasteiger partial charge in [0.05, 0.1) is 23.6 Å². The Morgan fingerprint density at radius 2 is 1.76 bits per heavy atom. The smallest absolute Gasteiger partial charge is 0.339 e. The van der Waals surface area contributed by atoms with Crippen molar-refractivity contribution in [1.82, 2.24) is 9.71 Å². The second kappa shape index (κ2) is 8.71. The lowest BCUT2D eigenvalue weighted by molar-refractivity contribution is 0.0524. The Labute approximate surface area is 170 Å². The van der Waals surface area contributed by atoms with Gasteiger partial charge in [0, 0.05) is 5.54 Å². The molecule has 0 saturated heterocycles. The highest BCUT2D eigenvalue weighted by Crippen LogP contribution is 2.23. The zero-order valence-electron chi connectivity index (χ0n) is 17.1. The van der Waals surface area contributed by atoms with E-state index in [0.717, 1.165) is 0 Å². The number of anilines is 1. The number of aryl methyl sites for hydroxylation is 1. The minimum atomic E-state index is -3.86. The summed E-state index contributed by atoms with van der Waals surface area (Å²) in [4.78, 5) is 28.6. The fourth-order valence-electron chi connectivity index (χ4n) is 2.56. The number of benzene rings is 1. The number of esters is 1. The van der Waals surface area contributed by atoms with Gasteiger partial charge in [-0.2, -0.15) is 0 Å². The SMILES string of the molecule is CCOC(=O)c1ccc(C(=O)Nc2ccccc2S(=O)(=O)NC(C)(C)C)nc1C. The van der Waals surface area contributed by atoms with Crippen LogP contribution in [0, 0.1) is 6.92 Å². The summed E-state index contributed by atoms with van der Waals surface area (Å²) >= 11 is 0. The van der Waals surface area contributed by atoms with E-state index in [9.17, 15) is 18.0 Å². The molecule has 0 aliphatic rings. The Balaban J connectivity index is 2.31. The third-order valence-corrected chi connectivity index (χ3v) is 5.50. The van der Waals surface area contributed by atoms with E-state index in [2.05, 4.69) is 15.0 Å². The topological polar surface area (TPSA) is 114 Å². The normalized spacial score (nSPS) is 11.8. The fourth-order valence-corrected chi connectivity index (χ4v) is 4.14. The van der Waals surface area contributed by atoms with Gasteiger partial charge in [0.2, 0.25) is 10.0 Å². The van der Waals surface area contributed by atoms with Gasteiger partial charge in [-0.05, 0) is 58.9 Å². The number of hydrogen-bond donors (Lipinski definition) is 2. The summed E-state index contributed by atoms with van der Waals surface area (Å²) in [6.45, 7) is 8.70. The van der Waals surface area contributed by atoms with Gasteiger partial charge < -0.3 is 10.1 Å². The molecule has 0 bridgehead atoms. The van der Waals surface area contributed by atoms with Gasteiger partial charge in [-0.3, -0.25) is 4.79 Å². The molecule has 0 unspecified atom stereocenters. The molecule has 2 rings (SSSR count). The summed E-state index contributed by atoms with van der Waals surface area (Å²) < 4.78 is 32.9. The fraction of sp³-hybridized carbons (Fsp3) is 0.350. The minimum Gasteiger partial charge on any atom is -0.462 e. The van der Waals surface area contributed by atoms with Crippen LogP contribution in [-0.4, -0.2) is 37.4 Å². The van der Waals surface area contributed by atoms with E-state index in [4.69, 9.17) is 4.74 Å². The highest BCUT2D eigenvalue weighted by Gasteiger charge is 2.25. The Kier molecular flexibility index (Phi) is 6.76. The maximum absolute atomic E-state index is 12.7. The zero-order valence-corrected chi connectivity index (χ0v) is 17.9. The average Bonchev–Trinajstić information content (AvgIpc) is 2.60. The molecule has 1 aromatic carbocycles. The number of para-hydroxylation sites is 1. The molecule has 0 radical (unpaired) electrons. The van der Waals surface area contributed by atoms with E-state index >= 15 is 0 Å². The molecule has 0 atom stereocenters. The van der Waals surface area contributed by atoms with Crippen LogP contribution in [0.2, 0.25) is 0 Å². The molecule has 9 heteroatoms. The number of amides is 1. The molecular weight excluding hydrogens is 394 g/mol. The van der Waals surface area contributed by atoms with Gasteiger partial charge in [-0.1, -0.05) is 12.1 Å². The van der Waals surface area contributed by atoms with Gasteiger partial charge in [-0.25, -0.2) is 22.9 Å². The lowest BCUT2D eigenvalue weighted by Gasteiger charge is -2.21. The van der Waals surface area contributed by atoms with Crippen molar-refractivity contribution in [3.05, 3.63) is 53.3 Å². The molecule has 0 spiro atoms. The third kappa shape index (κ3) is 5.85. The van der Waals surface area contributed by atoms with Crippen LogP contribution in [0.5, 0.6) is 0 Å². The first kappa shape index (κ1) is 22.5. The number of hydrogen-bond acceptors (Lipinski definition) is 6. The zero-order chi connectivity index (χ0) is 21.8. The van der Waals surface area contributed by atoms with Crippen molar-refractivity contribution in [1.29, 1.82) is 0 Å². The molecule has 2 N–H and O–H groups in total. The molecular formula is C20H25N3O5S. The predicted octanol–water partition coefficient (Wildman–Crippen LogP) is 2.90. The molecule has 1 amide bonds. The van der Waals surface area contributed by atoms with Gasteiger partial charge in [0.25, 0.3) is 5.91 Å². The van der Waals surface area contributed by atoms with Crippen molar-refractivity contribution in [3.63, 3.8) is 0 Å². The highest BCUT2D eigenvalue weighted by atomic mass is 32.2. The minimum absolute atomic E-state index is 0.0477. The summed E-state index contributed by atoms with van der Waals surface area (Å²) in [7, 11) is -3.86. The Morgan fingerprint density at radius 3 is 2.34 bits per heavy atom. The van der Waals surface area contributed by atoms with Gasteiger partial charge in [0.1, 0.15) is 10.6 Å². The lowest BCUT2D eigenvalue weighted by Crippen LogP contribution is -2.40. The first-order valence-corrected chi connectivity index (χ1v) is 10.5. The number of nitrogens with one attached hydrogen (secondary N) is 2. The van der Waals surface area contributed by atoms with E-state index in [-0.39, 0.29) is 28.4 Å². The Bertz CT molecular complexity index is 1030. The number of aromatic nitrogens is 1. The molecule has 0 fully saturated rings. The molecule has 156 valence electrons. The number of pyridine rings is 1. The predicted molar refractivity (Wildman–Crippen MR) is 109 cm³/mol. The molecule has 0 aliphatic carbocycles. The van der Waals surface area contributed by atoms with E-state index in [1.807, 2.05) is 0 Å². The van der Waals surface area contributed by atoms with Crippen molar-refractivity contribution in [2.24, 2.45) is 0 Å². The maximum atomic E-state index is 12.7. The number of rotatable bonds is 6. The molecule has 0 saturated carbocycles. The van der Waals surface area contributed by atoms with Gasteiger partial charge >= 0.3 is 5.97 Å². The molecule has 8 nitrogen and oxygen atoms in total. The number of carbonyl (C=O) groups is 2. The first-order valence-electron chi connectivity index (χ1n) is 9.03.